The maximum absolute atomic E-state index is 11.9. The van der Waals surface area contributed by atoms with Gasteiger partial charge < -0.3 is 15.4 Å². The molecule has 0 aromatic heterocycles. The lowest BCUT2D eigenvalue weighted by molar-refractivity contribution is -0.140. The van der Waals surface area contributed by atoms with Crippen LogP contribution >= 0.6 is 0 Å². The molecule has 1 aromatic carbocycles. The van der Waals surface area contributed by atoms with Gasteiger partial charge in [0.05, 0.1) is 7.11 Å². The highest BCUT2D eigenvalue weighted by molar-refractivity contribution is 5.78. The first-order valence-corrected chi connectivity index (χ1v) is 6.87. The lowest BCUT2D eigenvalue weighted by atomic mass is 9.97. The second-order valence-corrected chi connectivity index (χ2v) is 4.90. The number of carbonyl (C=O) groups is 2. The van der Waals surface area contributed by atoms with E-state index < -0.39 is 0 Å². The minimum Gasteiger partial charge on any atom is -0.469 e. The number of hydrogen-bond acceptors (Lipinski definition) is 4. The number of methoxy groups -OCH3 is 1. The molecule has 1 aliphatic heterocycles. The predicted molar refractivity (Wildman–Crippen MR) is 76.5 cm³/mol. The Morgan fingerprint density at radius 1 is 1.40 bits per heavy atom. The van der Waals surface area contributed by atoms with E-state index in [0.29, 0.717) is 25.8 Å². The van der Waals surface area contributed by atoms with Gasteiger partial charge in [-0.2, -0.15) is 0 Å². The van der Waals surface area contributed by atoms with Crippen molar-refractivity contribution >= 4 is 17.6 Å². The minimum absolute atomic E-state index is 0.0263. The topological polar surface area (TPSA) is 67.4 Å². The SMILES string of the molecule is COC(=O)CCCNC(=O)CC1CNc2ccccc21. The molecule has 5 heteroatoms. The highest BCUT2D eigenvalue weighted by Gasteiger charge is 2.23. The van der Waals surface area contributed by atoms with Crippen LogP contribution in [0.5, 0.6) is 0 Å². The first-order valence-electron chi connectivity index (χ1n) is 6.87. The van der Waals surface area contributed by atoms with Gasteiger partial charge in [-0.15, -0.1) is 0 Å². The van der Waals surface area contributed by atoms with Crippen molar-refractivity contribution in [3.63, 3.8) is 0 Å². The summed E-state index contributed by atoms with van der Waals surface area (Å²) in [4.78, 5) is 22.8. The fourth-order valence-electron chi connectivity index (χ4n) is 2.40. The van der Waals surface area contributed by atoms with Crippen LogP contribution in [0.1, 0.15) is 30.7 Å². The van der Waals surface area contributed by atoms with E-state index in [1.54, 1.807) is 0 Å². The van der Waals surface area contributed by atoms with Crippen LogP contribution in [0.25, 0.3) is 0 Å². The minimum atomic E-state index is -0.242. The van der Waals surface area contributed by atoms with E-state index >= 15 is 0 Å². The Kier molecular flexibility index (Phi) is 4.98. The zero-order valence-corrected chi connectivity index (χ0v) is 11.6. The molecule has 2 N–H and O–H groups in total. The number of rotatable bonds is 6. The third-order valence-electron chi connectivity index (χ3n) is 3.48. The number of hydrogen-bond donors (Lipinski definition) is 2. The summed E-state index contributed by atoms with van der Waals surface area (Å²) in [6.45, 7) is 1.31. The smallest absolute Gasteiger partial charge is 0.305 e. The number of anilines is 1. The number of nitrogens with one attached hydrogen (secondary N) is 2. The third kappa shape index (κ3) is 3.73. The molecular formula is C15H20N2O3. The van der Waals surface area contributed by atoms with Gasteiger partial charge in [-0.05, 0) is 18.1 Å². The van der Waals surface area contributed by atoms with Gasteiger partial charge in [-0.3, -0.25) is 9.59 Å². The molecule has 108 valence electrons. The van der Waals surface area contributed by atoms with Crippen LogP contribution < -0.4 is 10.6 Å². The molecule has 5 nitrogen and oxygen atoms in total. The monoisotopic (exact) mass is 276 g/mol. The second-order valence-electron chi connectivity index (χ2n) is 4.90. The van der Waals surface area contributed by atoms with E-state index in [-0.39, 0.29) is 17.8 Å². The zero-order valence-electron chi connectivity index (χ0n) is 11.6. The molecule has 0 aliphatic carbocycles. The standard InChI is InChI=1S/C15H20N2O3/c1-20-15(19)7-4-8-16-14(18)9-11-10-17-13-6-3-2-5-12(11)13/h2-3,5-6,11,17H,4,7-10H2,1H3,(H,16,18). The van der Waals surface area contributed by atoms with Crippen LogP contribution in [0.15, 0.2) is 24.3 Å². The molecule has 0 spiro atoms. The van der Waals surface area contributed by atoms with E-state index in [4.69, 9.17) is 0 Å². The molecule has 2 rings (SSSR count). The number of benzene rings is 1. The summed E-state index contributed by atoms with van der Waals surface area (Å²) < 4.78 is 4.54. The van der Waals surface area contributed by atoms with Gasteiger partial charge in [0.25, 0.3) is 0 Å². The largest absolute Gasteiger partial charge is 0.469 e. The molecule has 0 saturated heterocycles. The Labute approximate surface area is 118 Å². The molecule has 1 heterocycles. The maximum atomic E-state index is 11.9. The Morgan fingerprint density at radius 2 is 2.20 bits per heavy atom. The molecule has 1 aromatic rings. The summed E-state index contributed by atoms with van der Waals surface area (Å²) >= 11 is 0. The van der Waals surface area contributed by atoms with Crippen LogP contribution in [0, 0.1) is 0 Å². The normalized spacial score (nSPS) is 16.1. The van der Waals surface area contributed by atoms with Gasteiger partial charge in [-0.1, -0.05) is 18.2 Å². The quantitative estimate of drug-likeness (QED) is 0.612. The molecule has 1 amide bonds. The van der Waals surface area contributed by atoms with Crippen molar-refractivity contribution in [3.05, 3.63) is 29.8 Å². The maximum Gasteiger partial charge on any atom is 0.305 e. The highest BCUT2D eigenvalue weighted by Crippen LogP contribution is 2.32. The van der Waals surface area contributed by atoms with Gasteiger partial charge >= 0.3 is 5.97 Å². The third-order valence-corrected chi connectivity index (χ3v) is 3.48. The lowest BCUT2D eigenvalue weighted by Gasteiger charge is -2.10. The molecule has 0 fully saturated rings. The van der Waals surface area contributed by atoms with E-state index in [2.05, 4.69) is 21.4 Å². The van der Waals surface area contributed by atoms with Crippen molar-refractivity contribution in [2.24, 2.45) is 0 Å². The van der Waals surface area contributed by atoms with Crippen LogP contribution in [0.3, 0.4) is 0 Å². The molecule has 0 radical (unpaired) electrons. The van der Waals surface area contributed by atoms with Crippen LogP contribution in [-0.2, 0) is 14.3 Å². The van der Waals surface area contributed by atoms with Crippen molar-refractivity contribution < 1.29 is 14.3 Å². The van der Waals surface area contributed by atoms with E-state index in [1.807, 2.05) is 18.2 Å². The van der Waals surface area contributed by atoms with Crippen molar-refractivity contribution in [1.29, 1.82) is 0 Å². The summed E-state index contributed by atoms with van der Waals surface area (Å²) in [6, 6.07) is 8.07. The number of ether oxygens (including phenoxy) is 1. The predicted octanol–water partition coefficient (Wildman–Crippen LogP) is 1.66. The zero-order chi connectivity index (χ0) is 14.4. The van der Waals surface area contributed by atoms with Crippen molar-refractivity contribution in [3.8, 4) is 0 Å². The number of esters is 1. The lowest BCUT2D eigenvalue weighted by Crippen LogP contribution is -2.26. The summed E-state index contributed by atoms with van der Waals surface area (Å²) in [5, 5.41) is 6.15. The summed E-state index contributed by atoms with van der Waals surface area (Å²) in [6.07, 6.45) is 1.42. The summed E-state index contributed by atoms with van der Waals surface area (Å²) in [5.41, 5.74) is 2.33. The van der Waals surface area contributed by atoms with Crippen LogP contribution in [-0.4, -0.2) is 32.1 Å². The average Bonchev–Trinajstić information content (AvgIpc) is 2.86. The molecule has 1 atom stereocenters. The van der Waals surface area contributed by atoms with Gasteiger partial charge in [0, 0.05) is 37.5 Å². The number of carbonyl (C=O) groups excluding carboxylic acids is 2. The Morgan fingerprint density at radius 3 is 3.00 bits per heavy atom. The molecule has 0 saturated carbocycles. The van der Waals surface area contributed by atoms with Gasteiger partial charge in [0.2, 0.25) is 5.91 Å². The number of fused-ring (bicyclic) bond motifs is 1. The van der Waals surface area contributed by atoms with Gasteiger partial charge in [-0.25, -0.2) is 0 Å². The Hall–Kier alpha value is -2.04. The van der Waals surface area contributed by atoms with Crippen molar-refractivity contribution in [1.82, 2.24) is 5.32 Å². The molecule has 20 heavy (non-hydrogen) atoms. The highest BCUT2D eigenvalue weighted by atomic mass is 16.5. The first kappa shape index (κ1) is 14.4. The van der Waals surface area contributed by atoms with Crippen molar-refractivity contribution in [2.45, 2.75) is 25.2 Å². The fourth-order valence-corrected chi connectivity index (χ4v) is 2.40. The Balaban J connectivity index is 1.72. The van der Waals surface area contributed by atoms with E-state index in [9.17, 15) is 9.59 Å². The van der Waals surface area contributed by atoms with Gasteiger partial charge in [0.1, 0.15) is 0 Å². The second kappa shape index (κ2) is 6.93. The molecule has 1 aliphatic rings. The number of amides is 1. The molecule has 0 bridgehead atoms. The van der Waals surface area contributed by atoms with E-state index in [0.717, 1.165) is 12.2 Å². The Bertz CT molecular complexity index is 488. The summed E-state index contributed by atoms with van der Waals surface area (Å²) in [7, 11) is 1.37. The van der Waals surface area contributed by atoms with Crippen molar-refractivity contribution in [2.75, 3.05) is 25.5 Å². The number of para-hydroxylation sites is 1. The fraction of sp³-hybridized carbons (Fsp3) is 0.467. The average molecular weight is 276 g/mol. The first-order chi connectivity index (χ1) is 9.70. The molecule has 1 unspecified atom stereocenters. The van der Waals surface area contributed by atoms with Crippen LogP contribution in [0.2, 0.25) is 0 Å². The van der Waals surface area contributed by atoms with Crippen LogP contribution in [0.4, 0.5) is 5.69 Å². The molecular weight excluding hydrogens is 256 g/mol. The van der Waals surface area contributed by atoms with E-state index in [1.165, 1.54) is 12.7 Å². The summed E-state index contributed by atoms with van der Waals surface area (Å²) in [5.74, 6) is 0.0124. The van der Waals surface area contributed by atoms with Gasteiger partial charge in [0.15, 0.2) is 0 Å².